The van der Waals surface area contributed by atoms with Crippen LogP contribution in [0.2, 0.25) is 0 Å². The van der Waals surface area contributed by atoms with Crippen molar-refractivity contribution in [2.75, 3.05) is 6.26 Å². The summed E-state index contributed by atoms with van der Waals surface area (Å²) in [5, 5.41) is 0. The van der Waals surface area contributed by atoms with Crippen LogP contribution in [0.5, 0.6) is 0 Å². The summed E-state index contributed by atoms with van der Waals surface area (Å²) in [5.41, 5.74) is 8.95. The van der Waals surface area contributed by atoms with Gasteiger partial charge >= 0.3 is 0 Å². The van der Waals surface area contributed by atoms with Crippen LogP contribution in [-0.2, 0) is 0 Å². The monoisotopic (exact) mass is 233 g/mol. The third kappa shape index (κ3) is 2.69. The third-order valence-corrected chi connectivity index (χ3v) is 3.94. The Bertz CT molecular complexity index is 367. The molecule has 1 aromatic carbocycles. The highest BCUT2D eigenvalue weighted by molar-refractivity contribution is 7.98. The molecular weight excluding hydrogens is 214 g/mol. The number of thioether (sulfide) groups is 1. The molecule has 0 spiro atoms. The summed E-state index contributed by atoms with van der Waals surface area (Å²) in [6, 6.07) is 8.74. The Kier molecular flexibility index (Phi) is 4.08. The maximum Gasteiger partial charge on any atom is 0.0510 e. The molecule has 2 rings (SSSR count). The third-order valence-electron chi connectivity index (χ3n) is 3.20. The van der Waals surface area contributed by atoms with Crippen LogP contribution in [0.25, 0.3) is 0 Å². The topological polar surface area (TPSA) is 26.0 Å². The molecule has 0 aromatic heterocycles. The van der Waals surface area contributed by atoms with E-state index in [-0.39, 0.29) is 6.04 Å². The van der Waals surface area contributed by atoms with Crippen LogP contribution in [0.3, 0.4) is 0 Å². The number of rotatable bonds is 3. The van der Waals surface area contributed by atoms with E-state index >= 15 is 0 Å². The molecule has 16 heavy (non-hydrogen) atoms. The van der Waals surface area contributed by atoms with Crippen LogP contribution >= 0.6 is 11.8 Å². The average Bonchev–Trinajstić information content (AvgIpc) is 2.39. The second kappa shape index (κ2) is 5.55. The summed E-state index contributed by atoms with van der Waals surface area (Å²) in [6.07, 6.45) is 9.41. The molecule has 0 saturated carbocycles. The second-order valence-corrected chi connectivity index (χ2v) is 5.16. The van der Waals surface area contributed by atoms with Gasteiger partial charge in [-0.3, -0.25) is 0 Å². The Morgan fingerprint density at radius 2 is 1.94 bits per heavy atom. The quantitative estimate of drug-likeness (QED) is 0.633. The summed E-state index contributed by atoms with van der Waals surface area (Å²) >= 11 is 1.77. The number of hydrogen-bond donors (Lipinski definition) is 1. The molecule has 0 heterocycles. The Hall–Kier alpha value is -0.730. The smallest absolute Gasteiger partial charge is 0.0510 e. The molecule has 0 fully saturated rings. The van der Waals surface area contributed by atoms with Crippen molar-refractivity contribution in [3.05, 3.63) is 41.5 Å². The van der Waals surface area contributed by atoms with Crippen LogP contribution in [0.1, 0.15) is 37.3 Å². The van der Waals surface area contributed by atoms with Crippen molar-refractivity contribution in [3.8, 4) is 0 Å². The Labute approximate surface area is 102 Å². The van der Waals surface area contributed by atoms with Gasteiger partial charge in [0.1, 0.15) is 0 Å². The highest BCUT2D eigenvalue weighted by Crippen LogP contribution is 2.28. The van der Waals surface area contributed by atoms with Gasteiger partial charge in [0.25, 0.3) is 0 Å². The van der Waals surface area contributed by atoms with Gasteiger partial charge in [0, 0.05) is 4.90 Å². The lowest BCUT2D eigenvalue weighted by Crippen LogP contribution is -2.14. The minimum Gasteiger partial charge on any atom is -0.321 e. The summed E-state index contributed by atoms with van der Waals surface area (Å²) in [7, 11) is 0. The first-order valence-corrected chi connectivity index (χ1v) is 7.12. The van der Waals surface area contributed by atoms with Gasteiger partial charge in [-0.2, -0.15) is 0 Å². The fraction of sp³-hybridized carbons (Fsp3) is 0.429. The highest BCUT2D eigenvalue weighted by atomic mass is 32.2. The Morgan fingerprint density at radius 1 is 1.19 bits per heavy atom. The lowest BCUT2D eigenvalue weighted by atomic mass is 9.90. The van der Waals surface area contributed by atoms with Crippen molar-refractivity contribution in [1.29, 1.82) is 0 Å². The number of benzene rings is 1. The first-order valence-electron chi connectivity index (χ1n) is 5.89. The molecule has 1 unspecified atom stereocenters. The highest BCUT2D eigenvalue weighted by Gasteiger charge is 2.13. The van der Waals surface area contributed by atoms with Gasteiger partial charge in [0.15, 0.2) is 0 Å². The summed E-state index contributed by atoms with van der Waals surface area (Å²) in [4.78, 5) is 1.30. The molecule has 1 aliphatic carbocycles. The van der Waals surface area contributed by atoms with Crippen molar-refractivity contribution in [2.45, 2.75) is 36.6 Å². The van der Waals surface area contributed by atoms with E-state index < -0.39 is 0 Å². The normalized spacial score (nSPS) is 18.0. The van der Waals surface area contributed by atoms with Gasteiger partial charge in [-0.25, -0.2) is 0 Å². The van der Waals surface area contributed by atoms with Crippen molar-refractivity contribution < 1.29 is 0 Å². The Balaban J connectivity index is 2.13. The van der Waals surface area contributed by atoms with E-state index in [4.69, 9.17) is 5.73 Å². The fourth-order valence-electron chi connectivity index (χ4n) is 2.17. The molecule has 1 nitrogen and oxygen atoms in total. The van der Waals surface area contributed by atoms with Crippen LogP contribution in [0, 0.1) is 0 Å². The van der Waals surface area contributed by atoms with Gasteiger partial charge in [-0.1, -0.05) is 23.8 Å². The van der Waals surface area contributed by atoms with Crippen molar-refractivity contribution in [1.82, 2.24) is 0 Å². The number of hydrogen-bond acceptors (Lipinski definition) is 2. The Morgan fingerprint density at radius 3 is 2.50 bits per heavy atom. The van der Waals surface area contributed by atoms with Crippen LogP contribution in [0.15, 0.2) is 40.8 Å². The van der Waals surface area contributed by atoms with E-state index in [0.29, 0.717) is 0 Å². The van der Waals surface area contributed by atoms with Crippen LogP contribution in [0.4, 0.5) is 0 Å². The molecule has 0 saturated heterocycles. The van der Waals surface area contributed by atoms with E-state index in [1.165, 1.54) is 41.7 Å². The minimum atomic E-state index is 0.108. The lowest BCUT2D eigenvalue weighted by molar-refractivity contribution is 0.648. The number of nitrogens with two attached hydrogens (primary N) is 1. The predicted octanol–water partition coefficient (Wildman–Crippen LogP) is 3.91. The summed E-state index contributed by atoms with van der Waals surface area (Å²) in [6.45, 7) is 0. The van der Waals surface area contributed by atoms with Crippen LogP contribution in [-0.4, -0.2) is 6.26 Å². The van der Waals surface area contributed by atoms with E-state index in [1.807, 2.05) is 0 Å². The molecule has 2 N–H and O–H groups in total. The van der Waals surface area contributed by atoms with E-state index in [2.05, 4.69) is 36.6 Å². The molecule has 1 atom stereocenters. The van der Waals surface area contributed by atoms with Crippen molar-refractivity contribution in [3.63, 3.8) is 0 Å². The van der Waals surface area contributed by atoms with Crippen molar-refractivity contribution >= 4 is 11.8 Å². The van der Waals surface area contributed by atoms with E-state index in [1.54, 1.807) is 11.8 Å². The van der Waals surface area contributed by atoms with Gasteiger partial charge in [0.05, 0.1) is 6.04 Å². The molecule has 0 aliphatic heterocycles. The van der Waals surface area contributed by atoms with E-state index in [0.717, 1.165) is 0 Å². The van der Waals surface area contributed by atoms with Crippen LogP contribution < -0.4 is 5.73 Å². The largest absolute Gasteiger partial charge is 0.321 e. The first-order chi connectivity index (χ1) is 7.81. The number of allylic oxidation sites excluding steroid dienone is 1. The summed E-state index contributed by atoms with van der Waals surface area (Å²) in [5.74, 6) is 0. The minimum absolute atomic E-state index is 0.108. The molecule has 0 amide bonds. The molecule has 0 radical (unpaired) electrons. The zero-order valence-corrected chi connectivity index (χ0v) is 10.6. The average molecular weight is 233 g/mol. The molecule has 0 bridgehead atoms. The predicted molar refractivity (Wildman–Crippen MR) is 71.7 cm³/mol. The van der Waals surface area contributed by atoms with Gasteiger partial charge < -0.3 is 5.73 Å². The van der Waals surface area contributed by atoms with Crippen molar-refractivity contribution in [2.24, 2.45) is 5.73 Å². The molecule has 1 aliphatic rings. The molecular formula is C14H19NS. The zero-order chi connectivity index (χ0) is 11.4. The maximum atomic E-state index is 6.29. The molecule has 86 valence electrons. The van der Waals surface area contributed by atoms with Gasteiger partial charge in [0.2, 0.25) is 0 Å². The standard InChI is InChI=1S/C14H19NS/c1-16-13-9-7-12(8-10-13)14(15)11-5-3-2-4-6-11/h5,7-10,14H,2-4,6,15H2,1H3. The lowest BCUT2D eigenvalue weighted by Gasteiger charge is -2.20. The van der Waals surface area contributed by atoms with Gasteiger partial charge in [-0.15, -0.1) is 11.8 Å². The molecule has 2 heteroatoms. The SMILES string of the molecule is CSc1ccc(C(N)C2=CCCCC2)cc1. The fourth-order valence-corrected chi connectivity index (χ4v) is 2.58. The van der Waals surface area contributed by atoms with E-state index in [9.17, 15) is 0 Å². The second-order valence-electron chi connectivity index (χ2n) is 4.28. The molecule has 1 aromatic rings. The van der Waals surface area contributed by atoms with Gasteiger partial charge in [-0.05, 0) is 49.6 Å². The zero-order valence-electron chi connectivity index (χ0n) is 9.78. The first kappa shape index (κ1) is 11.7. The maximum absolute atomic E-state index is 6.29. The summed E-state index contributed by atoms with van der Waals surface area (Å²) < 4.78 is 0.